The molecule has 0 spiro atoms. The van der Waals surface area contributed by atoms with Gasteiger partial charge < -0.3 is 5.32 Å². The van der Waals surface area contributed by atoms with Crippen LogP contribution in [-0.2, 0) is 0 Å². The quantitative estimate of drug-likeness (QED) is 0.895. The van der Waals surface area contributed by atoms with Gasteiger partial charge in [-0.1, -0.05) is 0 Å². The van der Waals surface area contributed by atoms with E-state index in [1.165, 1.54) is 12.8 Å². The van der Waals surface area contributed by atoms with Crippen LogP contribution in [-0.4, -0.2) is 32.6 Å². The standard InChI is InChI=1S/C12H15N5.ClH/c1-2-10(6-13-3-1)11-7-16-12(8-15-11)17-5-4-14-9-17;/h4-5,7-10,13H,1-3,6H2;1H. The predicted molar refractivity (Wildman–Crippen MR) is 71.2 cm³/mol. The molecule has 96 valence electrons. The zero-order valence-electron chi connectivity index (χ0n) is 9.99. The van der Waals surface area contributed by atoms with E-state index in [0.717, 1.165) is 24.6 Å². The Hall–Kier alpha value is -1.46. The molecule has 0 aliphatic carbocycles. The molecule has 0 radical (unpaired) electrons. The minimum Gasteiger partial charge on any atom is -0.316 e. The molecule has 0 saturated carbocycles. The second kappa shape index (κ2) is 5.93. The minimum absolute atomic E-state index is 0. The Labute approximate surface area is 112 Å². The molecular formula is C12H16ClN5. The normalized spacial score (nSPS) is 19.2. The summed E-state index contributed by atoms with van der Waals surface area (Å²) in [5, 5.41) is 3.39. The molecule has 0 aromatic carbocycles. The summed E-state index contributed by atoms with van der Waals surface area (Å²) >= 11 is 0. The van der Waals surface area contributed by atoms with Gasteiger partial charge in [0.25, 0.3) is 0 Å². The van der Waals surface area contributed by atoms with Crippen LogP contribution >= 0.6 is 12.4 Å². The monoisotopic (exact) mass is 265 g/mol. The highest BCUT2D eigenvalue weighted by molar-refractivity contribution is 5.85. The molecule has 1 aliphatic heterocycles. The van der Waals surface area contributed by atoms with Crippen LogP contribution in [0.1, 0.15) is 24.5 Å². The lowest BCUT2D eigenvalue weighted by molar-refractivity contribution is 0.453. The van der Waals surface area contributed by atoms with Gasteiger partial charge in [0.2, 0.25) is 0 Å². The molecule has 6 heteroatoms. The van der Waals surface area contributed by atoms with Gasteiger partial charge in [-0.2, -0.15) is 0 Å². The van der Waals surface area contributed by atoms with Gasteiger partial charge in [-0.25, -0.2) is 9.97 Å². The number of aromatic nitrogens is 4. The molecule has 0 amide bonds. The van der Waals surface area contributed by atoms with Crippen molar-refractivity contribution in [2.75, 3.05) is 13.1 Å². The molecule has 5 nitrogen and oxygen atoms in total. The van der Waals surface area contributed by atoms with Crippen molar-refractivity contribution in [2.45, 2.75) is 18.8 Å². The van der Waals surface area contributed by atoms with Gasteiger partial charge in [0.05, 0.1) is 18.1 Å². The first-order valence-corrected chi connectivity index (χ1v) is 5.94. The summed E-state index contributed by atoms with van der Waals surface area (Å²) in [4.78, 5) is 12.9. The molecule has 1 atom stereocenters. The number of nitrogens with one attached hydrogen (secondary N) is 1. The highest BCUT2D eigenvalue weighted by Gasteiger charge is 2.16. The molecule has 0 bridgehead atoms. The van der Waals surface area contributed by atoms with E-state index in [1.807, 2.05) is 23.2 Å². The smallest absolute Gasteiger partial charge is 0.156 e. The van der Waals surface area contributed by atoms with Crippen LogP contribution in [0, 0.1) is 0 Å². The second-order valence-corrected chi connectivity index (χ2v) is 4.31. The number of hydrogen-bond donors (Lipinski definition) is 1. The Kier molecular flexibility index (Phi) is 4.28. The molecule has 2 aromatic rings. The van der Waals surface area contributed by atoms with Crippen LogP contribution in [0.15, 0.2) is 31.1 Å². The Morgan fingerprint density at radius 2 is 2.22 bits per heavy atom. The molecule has 1 fully saturated rings. The SMILES string of the molecule is Cl.c1cn(-c2cnc(C3CCCNC3)cn2)cn1. The van der Waals surface area contributed by atoms with Crippen LogP contribution in [0.5, 0.6) is 0 Å². The fraction of sp³-hybridized carbons (Fsp3) is 0.417. The van der Waals surface area contributed by atoms with Gasteiger partial charge in [-0.15, -0.1) is 12.4 Å². The molecule has 2 aromatic heterocycles. The summed E-state index contributed by atoms with van der Waals surface area (Å²) < 4.78 is 1.86. The summed E-state index contributed by atoms with van der Waals surface area (Å²) in [5.41, 5.74) is 1.08. The van der Waals surface area contributed by atoms with Crippen LogP contribution in [0.2, 0.25) is 0 Å². The topological polar surface area (TPSA) is 55.6 Å². The Morgan fingerprint density at radius 1 is 1.28 bits per heavy atom. The van der Waals surface area contributed by atoms with Crippen molar-refractivity contribution in [3.63, 3.8) is 0 Å². The summed E-state index contributed by atoms with van der Waals surface area (Å²) in [6.45, 7) is 2.14. The highest BCUT2D eigenvalue weighted by atomic mass is 35.5. The fourth-order valence-electron chi connectivity index (χ4n) is 2.17. The van der Waals surface area contributed by atoms with E-state index in [9.17, 15) is 0 Å². The molecular weight excluding hydrogens is 250 g/mol. The maximum Gasteiger partial charge on any atom is 0.156 e. The molecule has 1 unspecified atom stereocenters. The Morgan fingerprint density at radius 3 is 2.83 bits per heavy atom. The first-order chi connectivity index (χ1) is 8.43. The first-order valence-electron chi connectivity index (χ1n) is 5.94. The van der Waals surface area contributed by atoms with Crippen molar-refractivity contribution in [1.29, 1.82) is 0 Å². The zero-order valence-corrected chi connectivity index (χ0v) is 10.8. The van der Waals surface area contributed by atoms with Crippen molar-refractivity contribution >= 4 is 12.4 Å². The lowest BCUT2D eigenvalue weighted by Crippen LogP contribution is -2.28. The Balaban J connectivity index is 0.00000120. The van der Waals surface area contributed by atoms with Crippen LogP contribution in [0.3, 0.4) is 0 Å². The number of imidazole rings is 1. The van der Waals surface area contributed by atoms with Gasteiger partial charge in [0, 0.05) is 24.9 Å². The Bertz CT molecular complexity index is 462. The fourth-order valence-corrected chi connectivity index (χ4v) is 2.17. The third kappa shape index (κ3) is 2.68. The van der Waals surface area contributed by atoms with Crippen molar-refractivity contribution in [3.8, 4) is 5.82 Å². The summed E-state index contributed by atoms with van der Waals surface area (Å²) in [5.74, 6) is 1.32. The van der Waals surface area contributed by atoms with E-state index in [-0.39, 0.29) is 12.4 Å². The maximum absolute atomic E-state index is 4.51. The molecule has 1 saturated heterocycles. The van der Waals surface area contributed by atoms with E-state index in [2.05, 4.69) is 20.3 Å². The van der Waals surface area contributed by atoms with E-state index in [0.29, 0.717) is 5.92 Å². The molecule has 1 N–H and O–H groups in total. The van der Waals surface area contributed by atoms with E-state index in [1.54, 1.807) is 12.5 Å². The maximum atomic E-state index is 4.51. The molecule has 3 heterocycles. The molecule has 1 aliphatic rings. The summed E-state index contributed by atoms with van der Waals surface area (Å²) in [7, 11) is 0. The van der Waals surface area contributed by atoms with Crippen LogP contribution in [0.4, 0.5) is 0 Å². The summed E-state index contributed by atoms with van der Waals surface area (Å²) in [6, 6.07) is 0. The number of nitrogens with zero attached hydrogens (tertiary/aromatic N) is 4. The van der Waals surface area contributed by atoms with E-state index >= 15 is 0 Å². The predicted octanol–water partition coefficient (Wildman–Crippen LogP) is 1.55. The number of piperidine rings is 1. The molecule has 18 heavy (non-hydrogen) atoms. The average molecular weight is 266 g/mol. The van der Waals surface area contributed by atoms with E-state index in [4.69, 9.17) is 0 Å². The van der Waals surface area contributed by atoms with Gasteiger partial charge in [0.1, 0.15) is 6.33 Å². The number of rotatable bonds is 2. The van der Waals surface area contributed by atoms with Gasteiger partial charge in [-0.3, -0.25) is 9.55 Å². The van der Waals surface area contributed by atoms with Crippen LogP contribution in [0.25, 0.3) is 5.82 Å². The third-order valence-corrected chi connectivity index (χ3v) is 3.14. The van der Waals surface area contributed by atoms with Gasteiger partial charge in [0.15, 0.2) is 5.82 Å². The highest BCUT2D eigenvalue weighted by Crippen LogP contribution is 2.20. The second-order valence-electron chi connectivity index (χ2n) is 4.31. The van der Waals surface area contributed by atoms with Crippen LogP contribution < -0.4 is 5.32 Å². The average Bonchev–Trinajstić information content (AvgIpc) is 2.94. The van der Waals surface area contributed by atoms with Crippen molar-refractivity contribution in [1.82, 2.24) is 24.8 Å². The van der Waals surface area contributed by atoms with Gasteiger partial charge in [-0.05, 0) is 19.4 Å². The third-order valence-electron chi connectivity index (χ3n) is 3.14. The molecule has 3 rings (SSSR count). The van der Waals surface area contributed by atoms with Crippen molar-refractivity contribution in [2.24, 2.45) is 0 Å². The van der Waals surface area contributed by atoms with Crippen molar-refractivity contribution in [3.05, 3.63) is 36.8 Å². The first kappa shape index (κ1) is 13.0. The van der Waals surface area contributed by atoms with E-state index < -0.39 is 0 Å². The lowest BCUT2D eigenvalue weighted by atomic mass is 9.97. The summed E-state index contributed by atoms with van der Waals surface area (Å²) in [6.07, 6.45) is 11.4. The number of halogens is 1. The number of hydrogen-bond acceptors (Lipinski definition) is 4. The lowest BCUT2D eigenvalue weighted by Gasteiger charge is -2.21. The largest absolute Gasteiger partial charge is 0.316 e. The zero-order chi connectivity index (χ0) is 11.5. The minimum atomic E-state index is 0. The van der Waals surface area contributed by atoms with Gasteiger partial charge >= 0.3 is 0 Å². The van der Waals surface area contributed by atoms with Crippen molar-refractivity contribution < 1.29 is 0 Å².